The van der Waals surface area contributed by atoms with E-state index in [0.717, 1.165) is 6.42 Å². The average molecular weight is 204 g/mol. The van der Waals surface area contributed by atoms with Crippen molar-refractivity contribution in [1.29, 1.82) is 5.26 Å². The van der Waals surface area contributed by atoms with E-state index in [1.165, 1.54) is 6.20 Å². The van der Waals surface area contributed by atoms with Gasteiger partial charge in [0, 0.05) is 18.4 Å². The van der Waals surface area contributed by atoms with Gasteiger partial charge in [0.2, 0.25) is 0 Å². The molecule has 0 saturated carbocycles. The molecule has 0 aromatic carbocycles. The average Bonchev–Trinajstić information content (AvgIpc) is 2.28. The summed E-state index contributed by atoms with van der Waals surface area (Å²) in [5.74, 6) is 1.12. The highest BCUT2D eigenvalue weighted by Gasteiger charge is 2.12. The molecule has 0 bridgehead atoms. The quantitative estimate of drug-likeness (QED) is 0.816. The van der Waals surface area contributed by atoms with Crippen molar-refractivity contribution in [3.63, 3.8) is 0 Å². The topological polar surface area (TPSA) is 61.6 Å². The number of aromatic nitrogens is 2. The van der Waals surface area contributed by atoms with Gasteiger partial charge in [-0.3, -0.25) is 0 Å². The zero-order valence-electron chi connectivity index (χ0n) is 9.36. The largest absolute Gasteiger partial charge is 0.365 e. The van der Waals surface area contributed by atoms with E-state index in [2.05, 4.69) is 36.1 Å². The fourth-order valence-electron chi connectivity index (χ4n) is 1.24. The summed E-state index contributed by atoms with van der Waals surface area (Å²) in [6.45, 7) is 6.40. The molecule has 1 rings (SSSR count). The first-order chi connectivity index (χ1) is 7.19. The molecule has 1 aromatic heterocycles. The third-order valence-corrected chi connectivity index (χ3v) is 2.67. The third kappa shape index (κ3) is 2.91. The van der Waals surface area contributed by atoms with Crippen LogP contribution in [-0.2, 0) is 0 Å². The Morgan fingerprint density at radius 2 is 2.07 bits per heavy atom. The maximum atomic E-state index is 8.83. The minimum atomic E-state index is 0.291. The van der Waals surface area contributed by atoms with Gasteiger partial charge in [0.25, 0.3) is 0 Å². The Kier molecular flexibility index (Phi) is 4.04. The highest BCUT2D eigenvalue weighted by atomic mass is 15.0. The van der Waals surface area contributed by atoms with E-state index in [9.17, 15) is 0 Å². The minimum absolute atomic E-state index is 0.291. The molecule has 1 heterocycles. The van der Waals surface area contributed by atoms with Gasteiger partial charge in [0.15, 0.2) is 11.5 Å². The molecule has 15 heavy (non-hydrogen) atoms. The molecule has 0 aliphatic rings. The van der Waals surface area contributed by atoms with Crippen molar-refractivity contribution in [2.24, 2.45) is 5.92 Å². The first-order valence-corrected chi connectivity index (χ1v) is 5.16. The molecule has 80 valence electrons. The van der Waals surface area contributed by atoms with Gasteiger partial charge in [-0.15, -0.1) is 0 Å². The molecule has 0 aliphatic carbocycles. The molecule has 0 saturated heterocycles. The number of hydrogen-bond acceptors (Lipinski definition) is 4. The van der Waals surface area contributed by atoms with Crippen molar-refractivity contribution < 1.29 is 0 Å². The Morgan fingerprint density at radius 1 is 1.40 bits per heavy atom. The van der Waals surface area contributed by atoms with Crippen LogP contribution in [0.3, 0.4) is 0 Å². The SMILES string of the molecule is CCC(C)C(C)Nc1nccnc1C#N. The number of nitriles is 1. The predicted octanol–water partition coefficient (Wildman–Crippen LogP) is 2.19. The van der Waals surface area contributed by atoms with E-state index < -0.39 is 0 Å². The zero-order valence-corrected chi connectivity index (χ0v) is 9.36. The van der Waals surface area contributed by atoms with E-state index in [4.69, 9.17) is 5.26 Å². The minimum Gasteiger partial charge on any atom is -0.365 e. The second kappa shape index (κ2) is 5.30. The van der Waals surface area contributed by atoms with Crippen molar-refractivity contribution in [1.82, 2.24) is 9.97 Å². The van der Waals surface area contributed by atoms with Crippen LogP contribution in [-0.4, -0.2) is 16.0 Å². The van der Waals surface area contributed by atoms with Crippen LogP contribution in [0.5, 0.6) is 0 Å². The zero-order chi connectivity index (χ0) is 11.3. The molecular weight excluding hydrogens is 188 g/mol. The summed E-state index contributed by atoms with van der Waals surface area (Å²) >= 11 is 0. The van der Waals surface area contributed by atoms with Crippen LogP contribution in [0.25, 0.3) is 0 Å². The smallest absolute Gasteiger partial charge is 0.182 e. The summed E-state index contributed by atoms with van der Waals surface area (Å²) in [5, 5.41) is 12.1. The molecule has 0 spiro atoms. The van der Waals surface area contributed by atoms with Crippen molar-refractivity contribution in [2.75, 3.05) is 5.32 Å². The van der Waals surface area contributed by atoms with Crippen LogP contribution in [0.2, 0.25) is 0 Å². The monoisotopic (exact) mass is 204 g/mol. The molecule has 2 unspecified atom stereocenters. The van der Waals surface area contributed by atoms with E-state index in [0.29, 0.717) is 23.5 Å². The summed E-state index contributed by atoms with van der Waals surface area (Å²) in [4.78, 5) is 8.06. The predicted molar refractivity (Wildman–Crippen MR) is 59.3 cm³/mol. The van der Waals surface area contributed by atoms with E-state index in [-0.39, 0.29) is 0 Å². The van der Waals surface area contributed by atoms with Gasteiger partial charge in [0.05, 0.1) is 0 Å². The molecule has 0 radical (unpaired) electrons. The summed E-state index contributed by atoms with van der Waals surface area (Å²) in [5.41, 5.74) is 0.354. The first-order valence-electron chi connectivity index (χ1n) is 5.16. The van der Waals surface area contributed by atoms with Crippen LogP contribution in [0.1, 0.15) is 32.9 Å². The molecule has 0 fully saturated rings. The fraction of sp³-hybridized carbons (Fsp3) is 0.545. The maximum absolute atomic E-state index is 8.83. The molecule has 4 nitrogen and oxygen atoms in total. The van der Waals surface area contributed by atoms with Crippen LogP contribution in [0.15, 0.2) is 12.4 Å². The molecular formula is C11H16N4. The standard InChI is InChI=1S/C11H16N4/c1-4-8(2)9(3)15-11-10(7-12)13-5-6-14-11/h5-6,8-9H,4H2,1-3H3,(H,14,15). The highest BCUT2D eigenvalue weighted by Crippen LogP contribution is 2.14. The molecule has 0 amide bonds. The summed E-state index contributed by atoms with van der Waals surface area (Å²) in [6.07, 6.45) is 4.21. The van der Waals surface area contributed by atoms with Crippen LogP contribution in [0.4, 0.5) is 5.82 Å². The Hall–Kier alpha value is -1.63. The Labute approximate surface area is 90.4 Å². The maximum Gasteiger partial charge on any atom is 0.182 e. The van der Waals surface area contributed by atoms with Gasteiger partial charge in [-0.25, -0.2) is 9.97 Å². The van der Waals surface area contributed by atoms with Crippen molar-refractivity contribution >= 4 is 5.82 Å². The second-order valence-corrected chi connectivity index (χ2v) is 3.68. The highest BCUT2D eigenvalue weighted by molar-refractivity contribution is 5.47. The van der Waals surface area contributed by atoms with Crippen molar-refractivity contribution in [3.8, 4) is 6.07 Å². The number of anilines is 1. The Morgan fingerprint density at radius 3 is 2.67 bits per heavy atom. The van der Waals surface area contributed by atoms with E-state index in [1.54, 1.807) is 6.20 Å². The summed E-state index contributed by atoms with van der Waals surface area (Å²) in [7, 11) is 0. The van der Waals surface area contributed by atoms with Crippen molar-refractivity contribution in [3.05, 3.63) is 18.1 Å². The second-order valence-electron chi connectivity index (χ2n) is 3.68. The van der Waals surface area contributed by atoms with Gasteiger partial charge in [-0.1, -0.05) is 20.3 Å². The lowest BCUT2D eigenvalue weighted by atomic mass is 10.0. The Balaban J connectivity index is 2.77. The van der Waals surface area contributed by atoms with Gasteiger partial charge in [-0.2, -0.15) is 5.26 Å². The van der Waals surface area contributed by atoms with E-state index in [1.807, 2.05) is 6.07 Å². The van der Waals surface area contributed by atoms with Gasteiger partial charge >= 0.3 is 0 Å². The molecule has 2 atom stereocenters. The third-order valence-electron chi connectivity index (χ3n) is 2.67. The van der Waals surface area contributed by atoms with E-state index >= 15 is 0 Å². The van der Waals surface area contributed by atoms with Crippen LogP contribution < -0.4 is 5.32 Å². The molecule has 1 N–H and O–H groups in total. The number of hydrogen-bond donors (Lipinski definition) is 1. The Bertz CT molecular complexity index is 356. The molecule has 4 heteroatoms. The van der Waals surface area contributed by atoms with Crippen molar-refractivity contribution in [2.45, 2.75) is 33.2 Å². The number of rotatable bonds is 4. The van der Waals surface area contributed by atoms with Gasteiger partial charge < -0.3 is 5.32 Å². The lowest BCUT2D eigenvalue weighted by Gasteiger charge is -2.20. The first kappa shape index (κ1) is 11.4. The van der Waals surface area contributed by atoms with Gasteiger partial charge in [-0.05, 0) is 12.8 Å². The van der Waals surface area contributed by atoms with Gasteiger partial charge in [0.1, 0.15) is 6.07 Å². The fourth-order valence-corrected chi connectivity index (χ4v) is 1.24. The van der Waals surface area contributed by atoms with Crippen LogP contribution in [0, 0.1) is 17.2 Å². The number of nitrogens with zero attached hydrogens (tertiary/aromatic N) is 3. The van der Waals surface area contributed by atoms with Crippen LogP contribution >= 0.6 is 0 Å². The summed E-state index contributed by atoms with van der Waals surface area (Å²) in [6, 6.07) is 2.31. The molecule has 0 aliphatic heterocycles. The summed E-state index contributed by atoms with van der Waals surface area (Å²) < 4.78 is 0. The lowest BCUT2D eigenvalue weighted by Crippen LogP contribution is -2.24. The molecule has 1 aromatic rings. The number of nitrogens with one attached hydrogen (secondary N) is 1. The lowest BCUT2D eigenvalue weighted by molar-refractivity contribution is 0.493. The normalized spacial score (nSPS) is 14.0.